The number of rotatable bonds is 3. The van der Waals surface area contributed by atoms with Crippen molar-refractivity contribution in [2.24, 2.45) is 11.8 Å². The highest BCUT2D eigenvalue weighted by molar-refractivity contribution is 9.10. The summed E-state index contributed by atoms with van der Waals surface area (Å²) in [6.45, 7) is 0. The number of aliphatic carboxylic acids is 1. The first-order valence-corrected chi connectivity index (χ1v) is 5.92. The molecule has 0 amide bonds. The topological polar surface area (TPSA) is 50.4 Å². The number of carbonyl (C=O) groups is 1. The lowest BCUT2D eigenvalue weighted by atomic mass is 9.91. The van der Waals surface area contributed by atoms with Gasteiger partial charge in [-0.2, -0.15) is 0 Å². The molecule has 0 bridgehead atoms. The fraction of sp³-hybridized carbons (Fsp3) is 0.545. The van der Waals surface area contributed by atoms with E-state index in [9.17, 15) is 4.79 Å². The second kappa shape index (κ2) is 4.39. The molecule has 0 aliphatic heterocycles. The zero-order valence-corrected chi connectivity index (χ0v) is 9.87. The molecule has 0 saturated heterocycles. The first kappa shape index (κ1) is 10.7. The van der Waals surface area contributed by atoms with Crippen LogP contribution in [0.2, 0.25) is 0 Å². The molecular weight excluding hydrogens is 260 g/mol. The Labute approximate surface area is 96.6 Å². The average molecular weight is 273 g/mol. The summed E-state index contributed by atoms with van der Waals surface area (Å²) in [5.41, 5.74) is 1.08. The van der Waals surface area contributed by atoms with Crippen molar-refractivity contribution in [3.63, 3.8) is 0 Å². The van der Waals surface area contributed by atoms with Gasteiger partial charge in [0.15, 0.2) is 4.67 Å². The minimum Gasteiger partial charge on any atom is -0.481 e. The van der Waals surface area contributed by atoms with E-state index in [1.54, 1.807) is 6.26 Å². The summed E-state index contributed by atoms with van der Waals surface area (Å²) >= 11 is 3.24. The molecule has 1 aromatic heterocycles. The molecule has 1 aliphatic rings. The molecule has 1 fully saturated rings. The zero-order valence-electron chi connectivity index (χ0n) is 8.28. The minimum absolute atomic E-state index is 0.168. The maximum Gasteiger partial charge on any atom is 0.306 e. The molecule has 1 aromatic rings. The largest absolute Gasteiger partial charge is 0.481 e. The van der Waals surface area contributed by atoms with Crippen LogP contribution in [0.1, 0.15) is 24.8 Å². The molecule has 15 heavy (non-hydrogen) atoms. The summed E-state index contributed by atoms with van der Waals surface area (Å²) in [6.07, 6.45) is 5.37. The number of carboxylic acids is 1. The zero-order chi connectivity index (χ0) is 10.8. The molecule has 0 spiro atoms. The Morgan fingerprint density at radius 1 is 1.60 bits per heavy atom. The highest BCUT2D eigenvalue weighted by Crippen LogP contribution is 2.34. The fourth-order valence-corrected chi connectivity index (χ4v) is 2.75. The van der Waals surface area contributed by atoms with E-state index < -0.39 is 5.97 Å². The van der Waals surface area contributed by atoms with E-state index in [4.69, 9.17) is 9.52 Å². The van der Waals surface area contributed by atoms with Gasteiger partial charge in [-0.3, -0.25) is 4.79 Å². The van der Waals surface area contributed by atoms with Crippen molar-refractivity contribution in [2.45, 2.75) is 25.7 Å². The molecule has 82 valence electrons. The summed E-state index contributed by atoms with van der Waals surface area (Å²) in [4.78, 5) is 11.0. The van der Waals surface area contributed by atoms with E-state index in [-0.39, 0.29) is 11.8 Å². The molecule has 1 N–H and O–H groups in total. The van der Waals surface area contributed by atoms with E-state index >= 15 is 0 Å². The highest BCUT2D eigenvalue weighted by Gasteiger charge is 2.32. The Hall–Kier alpha value is -0.770. The Bertz CT molecular complexity index is 358. The summed E-state index contributed by atoms with van der Waals surface area (Å²) < 4.78 is 5.85. The Balaban J connectivity index is 2.02. The molecule has 1 aliphatic carbocycles. The minimum atomic E-state index is -0.653. The van der Waals surface area contributed by atoms with Gasteiger partial charge >= 0.3 is 5.97 Å². The summed E-state index contributed by atoms with van der Waals surface area (Å²) in [5, 5.41) is 9.03. The lowest BCUT2D eigenvalue weighted by molar-refractivity contribution is -0.142. The summed E-state index contributed by atoms with van der Waals surface area (Å²) in [6, 6.07) is 1.91. The molecule has 0 radical (unpaired) electrons. The molecule has 2 atom stereocenters. The molecule has 3 nitrogen and oxygen atoms in total. The fourth-order valence-electron chi connectivity index (χ4n) is 2.36. The quantitative estimate of drug-likeness (QED) is 0.920. The van der Waals surface area contributed by atoms with Crippen molar-refractivity contribution in [1.29, 1.82) is 0 Å². The Morgan fingerprint density at radius 2 is 2.40 bits per heavy atom. The third kappa shape index (κ3) is 2.43. The number of halogens is 1. The predicted octanol–water partition coefficient (Wildman–Crippen LogP) is 3.09. The lowest BCUT2D eigenvalue weighted by Crippen LogP contribution is -2.19. The number of hydrogen-bond acceptors (Lipinski definition) is 2. The van der Waals surface area contributed by atoms with Crippen LogP contribution in [0.15, 0.2) is 21.4 Å². The van der Waals surface area contributed by atoms with Crippen molar-refractivity contribution in [2.75, 3.05) is 0 Å². The molecule has 1 heterocycles. The van der Waals surface area contributed by atoms with Gasteiger partial charge in [0.2, 0.25) is 0 Å². The third-order valence-electron chi connectivity index (χ3n) is 3.10. The van der Waals surface area contributed by atoms with Crippen LogP contribution in [0.4, 0.5) is 0 Å². The first-order valence-electron chi connectivity index (χ1n) is 5.12. The van der Waals surface area contributed by atoms with Crippen LogP contribution in [0.25, 0.3) is 0 Å². The normalized spacial score (nSPS) is 25.7. The first-order chi connectivity index (χ1) is 7.16. The summed E-state index contributed by atoms with van der Waals surface area (Å²) in [5.74, 6) is -0.550. The maximum absolute atomic E-state index is 11.0. The standard InChI is InChI=1S/C11H13BrO3/c12-10-5-7(6-15-10)4-8-2-1-3-9(8)11(13)14/h5-6,8-9H,1-4H2,(H,13,14). The van der Waals surface area contributed by atoms with Gasteiger partial charge in [-0.05, 0) is 52.7 Å². The molecule has 1 saturated carbocycles. The monoisotopic (exact) mass is 272 g/mol. The molecule has 4 heteroatoms. The van der Waals surface area contributed by atoms with Crippen LogP contribution in [-0.2, 0) is 11.2 Å². The van der Waals surface area contributed by atoms with Gasteiger partial charge in [-0.15, -0.1) is 0 Å². The van der Waals surface area contributed by atoms with E-state index in [1.807, 2.05) is 6.07 Å². The van der Waals surface area contributed by atoms with Gasteiger partial charge < -0.3 is 9.52 Å². The lowest BCUT2D eigenvalue weighted by Gasteiger charge is -2.13. The molecular formula is C11H13BrO3. The van der Waals surface area contributed by atoms with Crippen LogP contribution in [0.3, 0.4) is 0 Å². The highest BCUT2D eigenvalue weighted by atomic mass is 79.9. The second-order valence-corrected chi connectivity index (χ2v) is 4.88. The molecule has 0 aromatic carbocycles. The number of hydrogen-bond donors (Lipinski definition) is 1. The number of carboxylic acid groups (broad SMARTS) is 1. The van der Waals surface area contributed by atoms with Gasteiger partial charge in [-0.25, -0.2) is 0 Å². The van der Waals surface area contributed by atoms with Crippen LogP contribution in [0, 0.1) is 11.8 Å². The van der Waals surface area contributed by atoms with E-state index in [2.05, 4.69) is 15.9 Å². The van der Waals surface area contributed by atoms with Crippen molar-refractivity contribution >= 4 is 21.9 Å². The maximum atomic E-state index is 11.0. The molecule has 2 unspecified atom stereocenters. The Kier molecular flexibility index (Phi) is 3.14. The van der Waals surface area contributed by atoms with Crippen molar-refractivity contribution in [1.82, 2.24) is 0 Å². The van der Waals surface area contributed by atoms with Gasteiger partial charge in [0.1, 0.15) is 0 Å². The molecule has 2 rings (SSSR count). The number of furan rings is 1. The van der Waals surface area contributed by atoms with E-state index in [0.29, 0.717) is 4.67 Å². The van der Waals surface area contributed by atoms with Crippen molar-refractivity contribution in [3.05, 3.63) is 22.6 Å². The van der Waals surface area contributed by atoms with Gasteiger partial charge in [0.05, 0.1) is 12.2 Å². The van der Waals surface area contributed by atoms with Crippen molar-refractivity contribution in [3.8, 4) is 0 Å². The SMILES string of the molecule is O=C(O)C1CCCC1Cc1coc(Br)c1. The van der Waals surface area contributed by atoms with Crippen LogP contribution < -0.4 is 0 Å². The smallest absolute Gasteiger partial charge is 0.306 e. The van der Waals surface area contributed by atoms with Gasteiger partial charge in [0.25, 0.3) is 0 Å². The third-order valence-corrected chi connectivity index (χ3v) is 3.51. The van der Waals surface area contributed by atoms with Crippen LogP contribution in [0.5, 0.6) is 0 Å². The van der Waals surface area contributed by atoms with Gasteiger partial charge in [-0.1, -0.05) is 6.42 Å². The van der Waals surface area contributed by atoms with Gasteiger partial charge in [0, 0.05) is 0 Å². The van der Waals surface area contributed by atoms with Crippen LogP contribution in [-0.4, -0.2) is 11.1 Å². The second-order valence-electron chi connectivity index (χ2n) is 4.10. The Morgan fingerprint density at radius 3 is 3.00 bits per heavy atom. The van der Waals surface area contributed by atoms with Crippen molar-refractivity contribution < 1.29 is 14.3 Å². The van der Waals surface area contributed by atoms with E-state index in [0.717, 1.165) is 31.2 Å². The average Bonchev–Trinajstić information content (AvgIpc) is 2.75. The van der Waals surface area contributed by atoms with E-state index in [1.165, 1.54) is 0 Å². The van der Waals surface area contributed by atoms with Crippen LogP contribution >= 0.6 is 15.9 Å². The predicted molar refractivity (Wildman–Crippen MR) is 58.6 cm³/mol. The summed E-state index contributed by atoms with van der Waals surface area (Å²) in [7, 11) is 0.